The highest BCUT2D eigenvalue weighted by Gasteiger charge is 2.31. The molecule has 0 bridgehead atoms. The lowest BCUT2D eigenvalue weighted by Gasteiger charge is -2.30. The van der Waals surface area contributed by atoms with Gasteiger partial charge in [-0.1, -0.05) is 32.0 Å². The number of aryl methyl sites for hydroxylation is 1. The van der Waals surface area contributed by atoms with Gasteiger partial charge in [0.2, 0.25) is 10.0 Å². The monoisotopic (exact) mass is 289 g/mol. The lowest BCUT2D eigenvalue weighted by atomic mass is 9.97. The van der Waals surface area contributed by atoms with Crippen molar-refractivity contribution in [2.75, 3.05) is 5.88 Å². The molecule has 1 N–H and O–H groups in total. The van der Waals surface area contributed by atoms with Gasteiger partial charge in [-0.25, -0.2) is 13.1 Å². The molecule has 0 fully saturated rings. The summed E-state index contributed by atoms with van der Waals surface area (Å²) in [5, 5.41) is 0. The van der Waals surface area contributed by atoms with Crippen molar-refractivity contribution in [2.45, 2.75) is 44.0 Å². The first kappa shape index (κ1) is 15.5. The van der Waals surface area contributed by atoms with Crippen molar-refractivity contribution in [3.8, 4) is 0 Å². The molecule has 0 heterocycles. The molecule has 0 spiro atoms. The zero-order valence-electron chi connectivity index (χ0n) is 11.0. The number of hydrogen-bond donors (Lipinski definition) is 1. The number of rotatable bonds is 6. The third-order valence-electron chi connectivity index (χ3n) is 3.34. The second-order valence-corrected chi connectivity index (χ2v) is 6.41. The molecule has 1 aromatic carbocycles. The van der Waals surface area contributed by atoms with Gasteiger partial charge in [0.25, 0.3) is 0 Å². The van der Waals surface area contributed by atoms with E-state index in [1.54, 1.807) is 25.1 Å². The van der Waals surface area contributed by atoms with Gasteiger partial charge in [0.15, 0.2) is 0 Å². The van der Waals surface area contributed by atoms with Gasteiger partial charge in [-0.3, -0.25) is 0 Å². The van der Waals surface area contributed by atoms with Crippen LogP contribution >= 0.6 is 11.6 Å². The second-order valence-electron chi connectivity index (χ2n) is 4.49. The Labute approximate surface area is 115 Å². The lowest BCUT2D eigenvalue weighted by molar-refractivity contribution is 0.394. The molecule has 0 amide bonds. The molecule has 3 nitrogen and oxygen atoms in total. The molecule has 0 aliphatic carbocycles. The fraction of sp³-hybridized carbons (Fsp3) is 0.538. The van der Waals surface area contributed by atoms with Gasteiger partial charge in [-0.2, -0.15) is 0 Å². The Bertz CT molecular complexity index is 487. The fourth-order valence-electron chi connectivity index (χ4n) is 1.81. The maximum atomic E-state index is 12.4. The summed E-state index contributed by atoms with van der Waals surface area (Å²) >= 11 is 5.93. The van der Waals surface area contributed by atoms with Gasteiger partial charge in [-0.05, 0) is 31.4 Å². The highest BCUT2D eigenvalue weighted by atomic mass is 35.5. The Morgan fingerprint density at radius 3 is 2.22 bits per heavy atom. The Hall–Kier alpha value is -0.580. The van der Waals surface area contributed by atoms with Crippen molar-refractivity contribution in [1.29, 1.82) is 0 Å². The van der Waals surface area contributed by atoms with E-state index in [1.807, 2.05) is 19.9 Å². The van der Waals surface area contributed by atoms with Crippen LogP contribution in [0.2, 0.25) is 0 Å². The minimum Gasteiger partial charge on any atom is -0.207 e. The molecular formula is C13H20ClNO2S. The predicted molar refractivity (Wildman–Crippen MR) is 75.5 cm³/mol. The first-order chi connectivity index (χ1) is 8.40. The third kappa shape index (κ3) is 3.25. The Balaban J connectivity index is 3.13. The highest BCUT2D eigenvalue weighted by Crippen LogP contribution is 2.22. The number of alkyl halides is 1. The summed E-state index contributed by atoms with van der Waals surface area (Å²) in [6.45, 7) is 5.66. The van der Waals surface area contributed by atoms with Crippen LogP contribution in [0.4, 0.5) is 0 Å². The van der Waals surface area contributed by atoms with Crippen LogP contribution in [0.1, 0.15) is 32.3 Å². The van der Waals surface area contributed by atoms with E-state index in [9.17, 15) is 8.42 Å². The molecule has 1 aromatic rings. The molecule has 0 atom stereocenters. The van der Waals surface area contributed by atoms with Crippen LogP contribution in [0.15, 0.2) is 29.2 Å². The number of sulfonamides is 1. The van der Waals surface area contributed by atoms with E-state index >= 15 is 0 Å². The molecule has 18 heavy (non-hydrogen) atoms. The summed E-state index contributed by atoms with van der Waals surface area (Å²) < 4.78 is 27.5. The third-order valence-corrected chi connectivity index (χ3v) is 5.59. The Morgan fingerprint density at radius 2 is 1.78 bits per heavy atom. The average molecular weight is 290 g/mol. The van der Waals surface area contributed by atoms with Crippen LogP contribution in [0.25, 0.3) is 0 Å². The maximum absolute atomic E-state index is 12.4. The zero-order valence-corrected chi connectivity index (χ0v) is 12.6. The normalized spacial score (nSPS) is 12.7. The number of nitrogens with one attached hydrogen (secondary N) is 1. The predicted octanol–water partition coefficient (Wildman–Crippen LogP) is 3.07. The molecule has 5 heteroatoms. The van der Waals surface area contributed by atoms with E-state index in [-0.39, 0.29) is 5.88 Å². The van der Waals surface area contributed by atoms with E-state index in [0.29, 0.717) is 17.7 Å². The van der Waals surface area contributed by atoms with Crippen LogP contribution in [-0.2, 0) is 10.0 Å². The van der Waals surface area contributed by atoms with Crippen molar-refractivity contribution in [2.24, 2.45) is 0 Å². The smallest absolute Gasteiger partial charge is 0.207 e. The summed E-state index contributed by atoms with van der Waals surface area (Å²) in [6, 6.07) is 6.95. The van der Waals surface area contributed by atoms with Crippen LogP contribution in [0, 0.1) is 6.92 Å². The van der Waals surface area contributed by atoms with Gasteiger partial charge < -0.3 is 0 Å². The van der Waals surface area contributed by atoms with Gasteiger partial charge in [0, 0.05) is 11.4 Å². The summed E-state index contributed by atoms with van der Waals surface area (Å²) in [7, 11) is -3.52. The van der Waals surface area contributed by atoms with Gasteiger partial charge >= 0.3 is 0 Å². The van der Waals surface area contributed by atoms with Crippen molar-refractivity contribution in [1.82, 2.24) is 4.72 Å². The molecular weight excluding hydrogens is 270 g/mol. The minimum atomic E-state index is -3.52. The van der Waals surface area contributed by atoms with Gasteiger partial charge in [0.1, 0.15) is 0 Å². The van der Waals surface area contributed by atoms with E-state index in [2.05, 4.69) is 4.72 Å². The van der Waals surface area contributed by atoms with E-state index in [0.717, 1.165) is 5.56 Å². The minimum absolute atomic E-state index is 0.269. The van der Waals surface area contributed by atoms with Crippen LogP contribution < -0.4 is 4.72 Å². The molecule has 0 unspecified atom stereocenters. The van der Waals surface area contributed by atoms with Gasteiger partial charge in [-0.15, -0.1) is 11.6 Å². The van der Waals surface area contributed by atoms with Crippen LogP contribution in [-0.4, -0.2) is 19.8 Å². The van der Waals surface area contributed by atoms with Crippen molar-refractivity contribution in [3.05, 3.63) is 29.8 Å². The standard InChI is InChI=1S/C13H20ClNO2S/c1-4-13(5-2,10-14)15-18(16,17)12-9-7-6-8-11(12)3/h6-9,15H,4-5,10H2,1-3H3. The Kier molecular flexibility index (Phi) is 5.20. The maximum Gasteiger partial charge on any atom is 0.241 e. The molecule has 102 valence electrons. The summed E-state index contributed by atoms with van der Waals surface area (Å²) in [5.41, 5.74) is 0.170. The average Bonchev–Trinajstić information content (AvgIpc) is 2.36. The van der Waals surface area contributed by atoms with Crippen molar-refractivity contribution < 1.29 is 8.42 Å². The number of hydrogen-bond acceptors (Lipinski definition) is 2. The molecule has 0 radical (unpaired) electrons. The molecule has 0 saturated carbocycles. The largest absolute Gasteiger partial charge is 0.241 e. The number of halogens is 1. The zero-order chi connectivity index (χ0) is 13.8. The Morgan fingerprint density at radius 1 is 1.22 bits per heavy atom. The van der Waals surface area contributed by atoms with Crippen LogP contribution in [0.5, 0.6) is 0 Å². The van der Waals surface area contributed by atoms with E-state index in [4.69, 9.17) is 11.6 Å². The van der Waals surface area contributed by atoms with Gasteiger partial charge in [0.05, 0.1) is 4.90 Å². The molecule has 0 saturated heterocycles. The SMILES string of the molecule is CCC(CC)(CCl)NS(=O)(=O)c1ccccc1C. The lowest BCUT2D eigenvalue weighted by Crippen LogP contribution is -2.49. The fourth-order valence-corrected chi connectivity index (χ4v) is 4.12. The molecule has 1 rings (SSSR count). The van der Waals surface area contributed by atoms with Crippen LogP contribution in [0.3, 0.4) is 0 Å². The summed E-state index contributed by atoms with van der Waals surface area (Å²) in [5.74, 6) is 0.269. The molecule has 0 aromatic heterocycles. The van der Waals surface area contributed by atoms with E-state index < -0.39 is 15.6 Å². The first-order valence-electron chi connectivity index (χ1n) is 6.06. The number of benzene rings is 1. The first-order valence-corrected chi connectivity index (χ1v) is 8.08. The summed E-state index contributed by atoms with van der Waals surface area (Å²) in [6.07, 6.45) is 1.33. The van der Waals surface area contributed by atoms with Crippen molar-refractivity contribution >= 4 is 21.6 Å². The topological polar surface area (TPSA) is 46.2 Å². The van der Waals surface area contributed by atoms with E-state index in [1.165, 1.54) is 0 Å². The summed E-state index contributed by atoms with van der Waals surface area (Å²) in [4.78, 5) is 0.321. The highest BCUT2D eigenvalue weighted by molar-refractivity contribution is 7.89. The second kappa shape index (κ2) is 6.04. The molecule has 0 aliphatic rings. The van der Waals surface area contributed by atoms with Crippen molar-refractivity contribution in [3.63, 3.8) is 0 Å². The molecule has 0 aliphatic heterocycles. The quantitative estimate of drug-likeness (QED) is 0.818.